The standard InChI is InChI=1S/C15H21NO.ClH/c1-12(13-7-3-2-4-8-13)16-11-14-9-5-6-10-15(14)17;/h2-4,7-8,12,14,16H,5-6,9-11H2,1H3;1H/t12-,14?;/m1./s1. The van der Waals surface area contributed by atoms with Gasteiger partial charge in [0.25, 0.3) is 0 Å². The lowest BCUT2D eigenvalue weighted by atomic mass is 9.88. The maximum atomic E-state index is 11.7. The molecule has 1 aromatic rings. The molecule has 0 aromatic heterocycles. The first-order valence-corrected chi connectivity index (χ1v) is 6.58. The Kier molecular flexibility index (Phi) is 6.37. The van der Waals surface area contributed by atoms with Crippen molar-refractivity contribution in [2.45, 2.75) is 38.6 Å². The van der Waals surface area contributed by atoms with Crippen LogP contribution in [0.25, 0.3) is 0 Å². The van der Waals surface area contributed by atoms with Crippen molar-refractivity contribution in [1.29, 1.82) is 0 Å². The van der Waals surface area contributed by atoms with Crippen molar-refractivity contribution < 1.29 is 4.79 Å². The Balaban J connectivity index is 0.00000162. The molecule has 0 spiro atoms. The minimum atomic E-state index is 0. The highest BCUT2D eigenvalue weighted by molar-refractivity contribution is 5.85. The highest BCUT2D eigenvalue weighted by Gasteiger charge is 2.22. The molecule has 0 heterocycles. The fourth-order valence-electron chi connectivity index (χ4n) is 2.45. The van der Waals surface area contributed by atoms with E-state index in [1.54, 1.807) is 0 Å². The monoisotopic (exact) mass is 267 g/mol. The number of nitrogens with one attached hydrogen (secondary N) is 1. The van der Waals surface area contributed by atoms with Crippen molar-refractivity contribution in [3.8, 4) is 0 Å². The topological polar surface area (TPSA) is 29.1 Å². The van der Waals surface area contributed by atoms with E-state index in [1.807, 2.05) is 6.07 Å². The fourth-order valence-corrected chi connectivity index (χ4v) is 2.45. The molecule has 2 nitrogen and oxygen atoms in total. The van der Waals surface area contributed by atoms with Crippen LogP contribution in [-0.4, -0.2) is 12.3 Å². The minimum absolute atomic E-state index is 0. The summed E-state index contributed by atoms with van der Waals surface area (Å²) in [5, 5.41) is 3.48. The van der Waals surface area contributed by atoms with Crippen LogP contribution in [0.3, 0.4) is 0 Å². The molecule has 18 heavy (non-hydrogen) atoms. The number of Topliss-reactive ketones (excluding diaryl/α,β-unsaturated/α-hetero) is 1. The predicted molar refractivity (Wildman–Crippen MR) is 77.1 cm³/mol. The van der Waals surface area contributed by atoms with Crippen molar-refractivity contribution in [2.75, 3.05) is 6.54 Å². The molecule has 0 saturated heterocycles. The van der Waals surface area contributed by atoms with Crippen molar-refractivity contribution in [3.63, 3.8) is 0 Å². The zero-order valence-electron chi connectivity index (χ0n) is 10.9. The molecule has 2 atom stereocenters. The van der Waals surface area contributed by atoms with Gasteiger partial charge in [-0.15, -0.1) is 12.4 Å². The van der Waals surface area contributed by atoms with Crippen molar-refractivity contribution in [1.82, 2.24) is 5.32 Å². The van der Waals surface area contributed by atoms with E-state index in [2.05, 4.69) is 36.5 Å². The third-order valence-corrected chi connectivity index (χ3v) is 3.65. The summed E-state index contributed by atoms with van der Waals surface area (Å²) in [4.78, 5) is 11.7. The molecule has 2 rings (SSSR count). The molecule has 0 radical (unpaired) electrons. The number of halogens is 1. The summed E-state index contributed by atoms with van der Waals surface area (Å²) in [6.45, 7) is 2.98. The van der Waals surface area contributed by atoms with Gasteiger partial charge in [-0.2, -0.15) is 0 Å². The van der Waals surface area contributed by atoms with Gasteiger partial charge in [0.1, 0.15) is 5.78 Å². The van der Waals surface area contributed by atoms with E-state index < -0.39 is 0 Å². The smallest absolute Gasteiger partial charge is 0.137 e. The Morgan fingerprint density at radius 1 is 1.28 bits per heavy atom. The van der Waals surface area contributed by atoms with Crippen LogP contribution in [0.2, 0.25) is 0 Å². The maximum absolute atomic E-state index is 11.7. The maximum Gasteiger partial charge on any atom is 0.137 e. The summed E-state index contributed by atoms with van der Waals surface area (Å²) in [6.07, 6.45) is 4.14. The molecule has 0 amide bonds. The summed E-state index contributed by atoms with van der Waals surface area (Å²) >= 11 is 0. The molecular formula is C15H22ClNO. The van der Waals surface area contributed by atoms with Gasteiger partial charge in [-0.05, 0) is 25.3 Å². The van der Waals surface area contributed by atoms with Gasteiger partial charge in [-0.25, -0.2) is 0 Å². The Morgan fingerprint density at radius 2 is 2.00 bits per heavy atom. The van der Waals surface area contributed by atoms with Crippen LogP contribution in [0.15, 0.2) is 30.3 Å². The molecule has 1 fully saturated rings. The third kappa shape index (κ3) is 4.11. The van der Waals surface area contributed by atoms with Gasteiger partial charge in [-0.3, -0.25) is 4.79 Å². The Morgan fingerprint density at radius 3 is 2.67 bits per heavy atom. The van der Waals surface area contributed by atoms with Gasteiger partial charge in [-0.1, -0.05) is 36.8 Å². The van der Waals surface area contributed by atoms with Crippen molar-refractivity contribution in [3.05, 3.63) is 35.9 Å². The van der Waals surface area contributed by atoms with E-state index in [9.17, 15) is 4.79 Å². The highest BCUT2D eigenvalue weighted by Crippen LogP contribution is 2.21. The van der Waals surface area contributed by atoms with Gasteiger partial charge in [0, 0.05) is 24.9 Å². The van der Waals surface area contributed by atoms with Crippen LogP contribution >= 0.6 is 12.4 Å². The molecule has 0 bridgehead atoms. The van der Waals surface area contributed by atoms with Crippen molar-refractivity contribution >= 4 is 18.2 Å². The van der Waals surface area contributed by atoms with Crippen LogP contribution in [0.4, 0.5) is 0 Å². The zero-order chi connectivity index (χ0) is 12.1. The van der Waals surface area contributed by atoms with E-state index in [0.29, 0.717) is 11.8 Å². The normalized spacial score (nSPS) is 21.2. The Bertz CT molecular complexity index is 366. The molecule has 1 aromatic carbocycles. The molecule has 1 N–H and O–H groups in total. The Hall–Kier alpha value is -0.860. The molecular weight excluding hydrogens is 246 g/mol. The molecule has 100 valence electrons. The lowest BCUT2D eigenvalue weighted by Crippen LogP contribution is -2.32. The summed E-state index contributed by atoms with van der Waals surface area (Å²) < 4.78 is 0. The van der Waals surface area contributed by atoms with Gasteiger partial charge in [0.15, 0.2) is 0 Å². The number of carbonyl (C=O) groups excluding carboxylic acids is 1. The zero-order valence-corrected chi connectivity index (χ0v) is 11.7. The Labute approximate surface area is 116 Å². The summed E-state index contributed by atoms with van der Waals surface area (Å²) in [5.74, 6) is 0.693. The molecule has 1 saturated carbocycles. The third-order valence-electron chi connectivity index (χ3n) is 3.65. The number of hydrogen-bond acceptors (Lipinski definition) is 2. The second-order valence-electron chi connectivity index (χ2n) is 4.95. The van der Waals surface area contributed by atoms with Crippen LogP contribution in [0.5, 0.6) is 0 Å². The van der Waals surface area contributed by atoms with Crippen LogP contribution in [0, 0.1) is 5.92 Å². The van der Waals surface area contributed by atoms with Gasteiger partial charge in [0.2, 0.25) is 0 Å². The SMILES string of the molecule is C[C@@H](NCC1CCCCC1=O)c1ccccc1.Cl. The molecule has 1 aliphatic carbocycles. The second-order valence-corrected chi connectivity index (χ2v) is 4.95. The van der Waals surface area contributed by atoms with E-state index in [-0.39, 0.29) is 18.3 Å². The van der Waals surface area contributed by atoms with Crippen LogP contribution < -0.4 is 5.32 Å². The molecule has 1 unspecified atom stereocenters. The second kappa shape index (κ2) is 7.55. The fraction of sp³-hybridized carbons (Fsp3) is 0.533. The number of hydrogen-bond donors (Lipinski definition) is 1. The predicted octanol–water partition coefficient (Wildman–Crippen LogP) is 3.52. The summed E-state index contributed by atoms with van der Waals surface area (Å²) in [6, 6.07) is 10.7. The largest absolute Gasteiger partial charge is 0.309 e. The number of rotatable bonds is 4. The number of benzene rings is 1. The van der Waals surface area contributed by atoms with Gasteiger partial charge >= 0.3 is 0 Å². The minimum Gasteiger partial charge on any atom is -0.309 e. The lowest BCUT2D eigenvalue weighted by molar-refractivity contribution is -0.124. The lowest BCUT2D eigenvalue weighted by Gasteiger charge is -2.23. The molecule has 3 heteroatoms. The van der Waals surface area contributed by atoms with E-state index in [4.69, 9.17) is 0 Å². The average molecular weight is 268 g/mol. The number of ketones is 1. The first-order valence-electron chi connectivity index (χ1n) is 6.58. The van der Waals surface area contributed by atoms with E-state index in [0.717, 1.165) is 25.8 Å². The quantitative estimate of drug-likeness (QED) is 0.904. The number of carbonyl (C=O) groups is 1. The van der Waals surface area contributed by atoms with Crippen LogP contribution in [0.1, 0.15) is 44.2 Å². The highest BCUT2D eigenvalue weighted by atomic mass is 35.5. The summed E-state index contributed by atoms with van der Waals surface area (Å²) in [5.41, 5.74) is 1.29. The average Bonchev–Trinajstić information content (AvgIpc) is 2.38. The molecule has 0 aliphatic heterocycles. The first kappa shape index (κ1) is 15.2. The van der Waals surface area contributed by atoms with Crippen LogP contribution in [-0.2, 0) is 4.79 Å². The van der Waals surface area contributed by atoms with Gasteiger partial charge < -0.3 is 5.32 Å². The summed E-state index contributed by atoms with van der Waals surface area (Å²) in [7, 11) is 0. The van der Waals surface area contributed by atoms with E-state index >= 15 is 0 Å². The van der Waals surface area contributed by atoms with Crippen molar-refractivity contribution in [2.24, 2.45) is 5.92 Å². The first-order chi connectivity index (χ1) is 8.27. The van der Waals surface area contributed by atoms with Gasteiger partial charge in [0.05, 0.1) is 0 Å². The molecule has 1 aliphatic rings. The van der Waals surface area contributed by atoms with E-state index in [1.165, 1.54) is 12.0 Å².